The average molecular weight is 240 g/mol. The van der Waals surface area contributed by atoms with Crippen LogP contribution in [0.15, 0.2) is 36.4 Å². The van der Waals surface area contributed by atoms with Crippen molar-refractivity contribution in [3.8, 4) is 22.6 Å². The minimum Gasteiger partial charge on any atom is -0.489 e. The van der Waals surface area contributed by atoms with Gasteiger partial charge in [0.1, 0.15) is 24.7 Å². The number of aryl methyl sites for hydroxylation is 2. The van der Waals surface area contributed by atoms with E-state index >= 15 is 0 Å². The quantitative estimate of drug-likeness (QED) is 0.698. The van der Waals surface area contributed by atoms with Gasteiger partial charge in [0, 0.05) is 11.1 Å². The largest absolute Gasteiger partial charge is 0.489 e. The minimum atomic E-state index is 0.587. The van der Waals surface area contributed by atoms with Crippen LogP contribution in [0.5, 0.6) is 11.5 Å². The summed E-state index contributed by atoms with van der Waals surface area (Å²) in [7, 11) is 0. The lowest BCUT2D eigenvalue weighted by Crippen LogP contribution is -2.13. The van der Waals surface area contributed by atoms with Crippen molar-refractivity contribution in [1.82, 2.24) is 0 Å². The molecule has 0 spiro atoms. The maximum atomic E-state index is 5.80. The van der Waals surface area contributed by atoms with Crippen LogP contribution in [-0.2, 0) is 0 Å². The molecule has 0 unspecified atom stereocenters. The lowest BCUT2D eigenvalue weighted by atomic mass is 9.94. The number of fused-ring (bicyclic) bond motifs is 3. The van der Waals surface area contributed by atoms with Crippen LogP contribution >= 0.6 is 0 Å². The van der Waals surface area contributed by atoms with Crippen LogP contribution in [0.4, 0.5) is 0 Å². The highest BCUT2D eigenvalue weighted by molar-refractivity contribution is 5.81. The summed E-state index contributed by atoms with van der Waals surface area (Å²) >= 11 is 0. The fraction of sp³-hybridized carbons (Fsp3) is 0.250. The lowest BCUT2D eigenvalue weighted by molar-refractivity contribution is 0.214. The van der Waals surface area contributed by atoms with Gasteiger partial charge in [0.2, 0.25) is 0 Å². The van der Waals surface area contributed by atoms with Gasteiger partial charge in [0.05, 0.1) is 0 Å². The minimum absolute atomic E-state index is 0.587. The van der Waals surface area contributed by atoms with Gasteiger partial charge in [0.15, 0.2) is 0 Å². The monoisotopic (exact) mass is 240 g/mol. The first-order valence-electron chi connectivity index (χ1n) is 6.22. The van der Waals surface area contributed by atoms with E-state index < -0.39 is 0 Å². The van der Waals surface area contributed by atoms with E-state index in [-0.39, 0.29) is 0 Å². The first-order chi connectivity index (χ1) is 8.77. The van der Waals surface area contributed by atoms with E-state index in [0.717, 1.165) is 22.6 Å². The zero-order valence-corrected chi connectivity index (χ0v) is 10.7. The number of rotatable bonds is 0. The molecule has 0 saturated carbocycles. The van der Waals surface area contributed by atoms with Gasteiger partial charge < -0.3 is 9.47 Å². The van der Waals surface area contributed by atoms with Crippen LogP contribution in [0, 0.1) is 13.8 Å². The maximum absolute atomic E-state index is 5.80. The van der Waals surface area contributed by atoms with Crippen LogP contribution in [0.3, 0.4) is 0 Å². The van der Waals surface area contributed by atoms with Crippen molar-refractivity contribution in [2.45, 2.75) is 13.8 Å². The topological polar surface area (TPSA) is 18.5 Å². The van der Waals surface area contributed by atoms with Gasteiger partial charge in [-0.05, 0) is 37.1 Å². The highest BCUT2D eigenvalue weighted by Gasteiger charge is 2.18. The van der Waals surface area contributed by atoms with Crippen LogP contribution in [0.2, 0.25) is 0 Å². The van der Waals surface area contributed by atoms with Crippen molar-refractivity contribution in [3.05, 3.63) is 47.5 Å². The number of benzene rings is 2. The maximum Gasteiger partial charge on any atom is 0.127 e. The highest BCUT2D eigenvalue weighted by Crippen LogP contribution is 2.41. The first kappa shape index (κ1) is 11.1. The molecule has 0 fully saturated rings. The molecule has 92 valence electrons. The Morgan fingerprint density at radius 1 is 0.722 bits per heavy atom. The molecular formula is C16H16O2. The third kappa shape index (κ3) is 1.74. The molecule has 1 aliphatic rings. The van der Waals surface area contributed by atoms with Gasteiger partial charge in [-0.1, -0.05) is 24.3 Å². The number of hydrogen-bond donors (Lipinski definition) is 0. The molecule has 2 nitrogen and oxygen atoms in total. The first-order valence-corrected chi connectivity index (χ1v) is 6.22. The Bertz CT molecular complexity index is 534. The second-order valence-electron chi connectivity index (χ2n) is 4.59. The smallest absolute Gasteiger partial charge is 0.127 e. The van der Waals surface area contributed by atoms with Crippen LogP contribution in [0.25, 0.3) is 11.1 Å². The van der Waals surface area contributed by atoms with E-state index in [1.54, 1.807) is 0 Å². The summed E-state index contributed by atoms with van der Waals surface area (Å²) in [5, 5.41) is 0. The molecule has 2 aromatic carbocycles. The Balaban J connectivity index is 2.33. The summed E-state index contributed by atoms with van der Waals surface area (Å²) in [6.45, 7) is 5.40. The van der Waals surface area contributed by atoms with Crippen molar-refractivity contribution in [1.29, 1.82) is 0 Å². The van der Waals surface area contributed by atoms with Crippen LogP contribution < -0.4 is 9.47 Å². The normalized spacial score (nSPS) is 13.4. The van der Waals surface area contributed by atoms with Crippen molar-refractivity contribution in [3.63, 3.8) is 0 Å². The lowest BCUT2D eigenvalue weighted by Gasteiger charge is -2.22. The van der Waals surface area contributed by atoms with E-state index in [2.05, 4.69) is 26.0 Å². The number of hydrogen-bond acceptors (Lipinski definition) is 2. The Morgan fingerprint density at radius 3 is 1.61 bits per heavy atom. The van der Waals surface area contributed by atoms with Crippen molar-refractivity contribution in [2.24, 2.45) is 0 Å². The molecule has 0 saturated heterocycles. The molecule has 18 heavy (non-hydrogen) atoms. The van der Waals surface area contributed by atoms with Crippen molar-refractivity contribution in [2.75, 3.05) is 13.2 Å². The molecule has 0 radical (unpaired) electrons. The Labute approximate surface area is 107 Å². The Kier molecular flexibility index (Phi) is 2.71. The van der Waals surface area contributed by atoms with E-state index in [4.69, 9.17) is 9.47 Å². The predicted molar refractivity (Wildman–Crippen MR) is 72.3 cm³/mol. The molecule has 1 aliphatic heterocycles. The van der Waals surface area contributed by atoms with E-state index in [9.17, 15) is 0 Å². The third-order valence-electron chi connectivity index (χ3n) is 3.32. The number of ether oxygens (including phenoxy) is 2. The van der Waals surface area contributed by atoms with E-state index in [1.807, 2.05) is 24.3 Å². The molecule has 1 heterocycles. The zero-order valence-electron chi connectivity index (χ0n) is 10.7. The van der Waals surface area contributed by atoms with E-state index in [0.29, 0.717) is 13.2 Å². The molecule has 0 bridgehead atoms. The molecule has 0 aliphatic carbocycles. The van der Waals surface area contributed by atoms with Gasteiger partial charge in [-0.3, -0.25) is 0 Å². The second-order valence-corrected chi connectivity index (χ2v) is 4.59. The van der Waals surface area contributed by atoms with Gasteiger partial charge in [-0.2, -0.15) is 0 Å². The van der Waals surface area contributed by atoms with Gasteiger partial charge >= 0.3 is 0 Å². The second kappa shape index (κ2) is 4.37. The van der Waals surface area contributed by atoms with Gasteiger partial charge in [-0.15, -0.1) is 0 Å². The summed E-state index contributed by atoms with van der Waals surface area (Å²) < 4.78 is 11.6. The summed E-state index contributed by atoms with van der Waals surface area (Å²) in [6, 6.07) is 12.4. The Morgan fingerprint density at radius 2 is 1.17 bits per heavy atom. The Hall–Kier alpha value is -1.96. The molecule has 2 heteroatoms. The average Bonchev–Trinajstić information content (AvgIpc) is 2.33. The SMILES string of the molecule is Cc1cccc2c1-c1c(C)cccc1OCCO2. The molecule has 0 amide bonds. The van der Waals surface area contributed by atoms with Gasteiger partial charge in [0.25, 0.3) is 0 Å². The predicted octanol–water partition coefficient (Wildman–Crippen LogP) is 3.74. The molecule has 3 rings (SSSR count). The summed E-state index contributed by atoms with van der Waals surface area (Å²) in [4.78, 5) is 0. The van der Waals surface area contributed by atoms with Crippen molar-refractivity contribution < 1.29 is 9.47 Å². The van der Waals surface area contributed by atoms with Gasteiger partial charge in [-0.25, -0.2) is 0 Å². The molecule has 0 N–H and O–H groups in total. The van der Waals surface area contributed by atoms with Crippen molar-refractivity contribution >= 4 is 0 Å². The molecular weight excluding hydrogens is 224 g/mol. The molecule has 0 atom stereocenters. The summed E-state index contributed by atoms with van der Waals surface area (Å²) in [5.41, 5.74) is 4.75. The summed E-state index contributed by atoms with van der Waals surface area (Å²) in [5.74, 6) is 1.91. The highest BCUT2D eigenvalue weighted by atomic mass is 16.5. The molecule has 0 aromatic heterocycles. The van der Waals surface area contributed by atoms with Crippen LogP contribution in [-0.4, -0.2) is 13.2 Å². The standard InChI is InChI=1S/C16H16O2/c1-11-5-3-7-13-15(11)16-12(2)6-4-8-14(16)18-10-9-17-13/h3-8H,9-10H2,1-2H3. The third-order valence-corrected chi connectivity index (χ3v) is 3.32. The fourth-order valence-electron chi connectivity index (χ4n) is 2.47. The fourth-order valence-corrected chi connectivity index (χ4v) is 2.47. The van der Waals surface area contributed by atoms with Crippen LogP contribution in [0.1, 0.15) is 11.1 Å². The van der Waals surface area contributed by atoms with E-state index in [1.165, 1.54) is 11.1 Å². The zero-order chi connectivity index (χ0) is 12.5. The molecule has 2 aromatic rings. The summed E-state index contributed by atoms with van der Waals surface area (Å²) in [6.07, 6.45) is 0.